The molecular formula is C48H55N9O8. The van der Waals surface area contributed by atoms with Gasteiger partial charge in [-0.15, -0.1) is 0 Å². The number of aromatic nitrogens is 4. The lowest BCUT2D eigenvalue weighted by Gasteiger charge is -2.23. The van der Waals surface area contributed by atoms with Crippen LogP contribution in [-0.2, 0) is 36.9 Å². The van der Waals surface area contributed by atoms with Crippen molar-refractivity contribution in [1.82, 2.24) is 34.7 Å². The third kappa shape index (κ3) is 11.3. The number of imidazole rings is 2. The molecule has 340 valence electrons. The van der Waals surface area contributed by atoms with Crippen LogP contribution in [0.2, 0.25) is 0 Å². The second-order valence-electron chi connectivity index (χ2n) is 16.3. The molecule has 0 unspecified atom stereocenters. The Bertz CT molecular complexity index is 2680. The highest BCUT2D eigenvalue weighted by Gasteiger charge is 2.31. The Labute approximate surface area is 376 Å². The van der Waals surface area contributed by atoms with Crippen molar-refractivity contribution >= 4 is 58.4 Å². The standard InChI is InChI=1S/C48H55N9O8/c1-8-29(4)38(55-48(63)65-27-33-19-13-10-14-20-33)44(59)52-35-22-16-24-56-39(30(5)50-42(35)56)45(60)53-36(25-28(2)3)43(58)51-34-21-15-23-57-40(31(6)49-41(34)57)46(61)54-37(47(62)64-7)26-32-17-11-9-12-18-32/h9-24,28-29,36-38H,8,25-27H2,1-7H3,(H,51,58)(H,52,59)(H,53,60)(H,54,61)(H,55,63)/t29-,36+,37-,38-/m1/s1. The number of carbonyl (C=O) groups is 6. The molecule has 0 saturated carbocycles. The summed E-state index contributed by atoms with van der Waals surface area (Å²) in [5, 5.41) is 14.2. The SMILES string of the molecule is CC[C@@H](C)[C@@H](NC(=O)OCc1ccccc1)C(=O)Nc1cccn2c(C(=O)N[C@@H](CC(C)C)C(=O)Nc3cccn4c(C(=O)N[C@H](Cc5ccccc5)C(=O)OC)c(C)nc34)c(C)nc12. The molecule has 0 aliphatic rings. The zero-order valence-electron chi connectivity index (χ0n) is 37.5. The second-order valence-corrected chi connectivity index (χ2v) is 16.3. The average Bonchev–Trinajstić information content (AvgIpc) is 3.83. The van der Waals surface area contributed by atoms with Crippen LogP contribution in [0.1, 0.15) is 84.0 Å². The second kappa shape index (κ2) is 21.2. The number of alkyl carbamates (subject to hydrolysis) is 1. The van der Waals surface area contributed by atoms with Gasteiger partial charge in [0.2, 0.25) is 11.8 Å². The number of aryl methyl sites for hydroxylation is 2. The highest BCUT2D eigenvalue weighted by molar-refractivity contribution is 6.04. The molecule has 4 atom stereocenters. The maximum atomic E-state index is 14.2. The quantitative estimate of drug-likeness (QED) is 0.0619. The summed E-state index contributed by atoms with van der Waals surface area (Å²) in [5.41, 5.74) is 3.79. The van der Waals surface area contributed by atoms with Gasteiger partial charge in [0.05, 0.1) is 29.9 Å². The van der Waals surface area contributed by atoms with Crippen LogP contribution in [0.25, 0.3) is 11.3 Å². The number of rotatable bonds is 18. The fraction of sp³-hybridized carbons (Fsp3) is 0.333. The molecule has 2 aromatic carbocycles. The van der Waals surface area contributed by atoms with E-state index in [0.29, 0.717) is 23.5 Å². The average molecular weight is 886 g/mol. The lowest BCUT2D eigenvalue weighted by atomic mass is 9.98. The number of amides is 5. The van der Waals surface area contributed by atoms with E-state index >= 15 is 0 Å². The number of carbonyl (C=O) groups excluding carboxylic acids is 6. The summed E-state index contributed by atoms with van der Waals surface area (Å²) in [4.78, 5) is 90.6. The number of pyridine rings is 2. The third-order valence-corrected chi connectivity index (χ3v) is 11.0. The maximum Gasteiger partial charge on any atom is 0.408 e. The minimum atomic E-state index is -1.02. The summed E-state index contributed by atoms with van der Waals surface area (Å²) in [7, 11) is 1.26. The van der Waals surface area contributed by atoms with Crippen molar-refractivity contribution in [2.45, 2.75) is 85.5 Å². The summed E-state index contributed by atoms with van der Waals surface area (Å²) >= 11 is 0. The first kappa shape index (κ1) is 46.9. The van der Waals surface area contributed by atoms with Gasteiger partial charge in [0.25, 0.3) is 11.8 Å². The van der Waals surface area contributed by atoms with Crippen molar-refractivity contribution in [2.24, 2.45) is 11.8 Å². The van der Waals surface area contributed by atoms with E-state index in [0.717, 1.165) is 11.1 Å². The number of ether oxygens (including phenoxy) is 2. The molecule has 0 saturated heterocycles. The van der Waals surface area contributed by atoms with Crippen LogP contribution >= 0.6 is 0 Å². The van der Waals surface area contributed by atoms with E-state index in [-0.39, 0.29) is 59.7 Å². The number of hydrogen-bond donors (Lipinski definition) is 5. The first-order valence-corrected chi connectivity index (χ1v) is 21.5. The number of esters is 1. The highest BCUT2D eigenvalue weighted by Crippen LogP contribution is 2.24. The molecule has 6 aromatic rings. The zero-order valence-corrected chi connectivity index (χ0v) is 37.5. The van der Waals surface area contributed by atoms with Crippen LogP contribution in [-0.4, -0.2) is 79.7 Å². The van der Waals surface area contributed by atoms with Crippen LogP contribution in [0.15, 0.2) is 97.3 Å². The predicted octanol–water partition coefficient (Wildman–Crippen LogP) is 6.18. The van der Waals surface area contributed by atoms with E-state index in [1.165, 1.54) is 15.9 Å². The highest BCUT2D eigenvalue weighted by atomic mass is 16.5. The Kier molecular flexibility index (Phi) is 15.3. The van der Waals surface area contributed by atoms with Crippen molar-refractivity contribution < 1.29 is 38.2 Å². The molecule has 0 spiro atoms. The first-order chi connectivity index (χ1) is 31.2. The Balaban J connectivity index is 1.18. The van der Waals surface area contributed by atoms with Crippen molar-refractivity contribution in [3.05, 3.63) is 131 Å². The van der Waals surface area contributed by atoms with Crippen LogP contribution in [0, 0.1) is 25.7 Å². The van der Waals surface area contributed by atoms with Gasteiger partial charge in [-0.3, -0.25) is 28.0 Å². The van der Waals surface area contributed by atoms with Crippen LogP contribution in [0.4, 0.5) is 16.2 Å². The molecule has 65 heavy (non-hydrogen) atoms. The molecule has 5 N–H and O–H groups in total. The van der Waals surface area contributed by atoms with Crippen LogP contribution in [0.3, 0.4) is 0 Å². The molecule has 17 nitrogen and oxygen atoms in total. The molecule has 6 rings (SSSR count). The topological polar surface area (TPSA) is 216 Å². The molecule has 5 amide bonds. The molecule has 4 heterocycles. The molecule has 0 radical (unpaired) electrons. The summed E-state index contributed by atoms with van der Waals surface area (Å²) in [6.45, 7) is 11.0. The number of methoxy groups -OCH3 is 1. The number of nitrogens with one attached hydrogen (secondary N) is 5. The van der Waals surface area contributed by atoms with Gasteiger partial charge in [-0.2, -0.15) is 0 Å². The van der Waals surface area contributed by atoms with Crippen molar-refractivity contribution in [3.63, 3.8) is 0 Å². The number of benzene rings is 2. The van der Waals surface area contributed by atoms with E-state index in [1.54, 1.807) is 50.5 Å². The molecule has 0 bridgehead atoms. The predicted molar refractivity (Wildman–Crippen MR) is 244 cm³/mol. The number of fused-ring (bicyclic) bond motifs is 2. The number of hydrogen-bond acceptors (Lipinski definition) is 10. The summed E-state index contributed by atoms with van der Waals surface area (Å²) in [5.74, 6) is -3.04. The first-order valence-electron chi connectivity index (χ1n) is 21.5. The Morgan fingerprint density at radius 2 is 1.15 bits per heavy atom. The van der Waals surface area contributed by atoms with E-state index in [9.17, 15) is 28.8 Å². The normalized spacial score (nSPS) is 13.0. The van der Waals surface area contributed by atoms with Gasteiger partial charge in [0, 0.05) is 18.8 Å². The van der Waals surface area contributed by atoms with E-state index in [2.05, 4.69) is 36.6 Å². The lowest BCUT2D eigenvalue weighted by molar-refractivity contribution is -0.142. The molecule has 17 heteroatoms. The fourth-order valence-corrected chi connectivity index (χ4v) is 7.47. The van der Waals surface area contributed by atoms with Crippen LogP contribution < -0.4 is 26.6 Å². The van der Waals surface area contributed by atoms with Gasteiger partial charge in [0.1, 0.15) is 36.1 Å². The molecule has 4 aromatic heterocycles. The fourth-order valence-electron chi connectivity index (χ4n) is 7.47. The van der Waals surface area contributed by atoms with Gasteiger partial charge in [-0.05, 0) is 67.5 Å². The molecule has 0 fully saturated rings. The summed E-state index contributed by atoms with van der Waals surface area (Å²) < 4.78 is 13.5. The van der Waals surface area contributed by atoms with Crippen molar-refractivity contribution in [2.75, 3.05) is 17.7 Å². The third-order valence-electron chi connectivity index (χ3n) is 11.0. The van der Waals surface area contributed by atoms with Gasteiger partial charge in [-0.1, -0.05) is 94.8 Å². The molecular weight excluding hydrogens is 831 g/mol. The Hall–Kier alpha value is -7.56. The lowest BCUT2D eigenvalue weighted by Crippen LogP contribution is -2.47. The zero-order chi connectivity index (χ0) is 46.8. The van der Waals surface area contributed by atoms with Gasteiger partial charge >= 0.3 is 12.1 Å². The Morgan fingerprint density at radius 3 is 1.66 bits per heavy atom. The van der Waals surface area contributed by atoms with E-state index < -0.39 is 53.8 Å². The number of anilines is 2. The Morgan fingerprint density at radius 1 is 0.646 bits per heavy atom. The molecule has 0 aliphatic carbocycles. The van der Waals surface area contributed by atoms with Gasteiger partial charge in [-0.25, -0.2) is 19.6 Å². The minimum absolute atomic E-state index is 0.0164. The smallest absolute Gasteiger partial charge is 0.408 e. The van der Waals surface area contributed by atoms with E-state index in [4.69, 9.17) is 9.47 Å². The minimum Gasteiger partial charge on any atom is -0.467 e. The van der Waals surface area contributed by atoms with Gasteiger partial charge in [0.15, 0.2) is 11.3 Å². The maximum absolute atomic E-state index is 14.2. The summed E-state index contributed by atoms with van der Waals surface area (Å²) in [6, 6.07) is 22.1. The van der Waals surface area contributed by atoms with Crippen molar-refractivity contribution in [1.29, 1.82) is 0 Å². The molecule has 0 aliphatic heterocycles. The van der Waals surface area contributed by atoms with Gasteiger partial charge < -0.3 is 36.1 Å². The number of nitrogens with zero attached hydrogens (tertiary/aromatic N) is 4. The van der Waals surface area contributed by atoms with E-state index in [1.807, 2.05) is 88.4 Å². The van der Waals surface area contributed by atoms with Crippen molar-refractivity contribution in [3.8, 4) is 0 Å². The monoisotopic (exact) mass is 885 g/mol. The summed E-state index contributed by atoms with van der Waals surface area (Å²) in [6.07, 6.45) is 3.59. The largest absolute Gasteiger partial charge is 0.467 e. The van der Waals surface area contributed by atoms with Crippen LogP contribution in [0.5, 0.6) is 0 Å².